The molecule has 2 aliphatic rings. The van der Waals surface area contributed by atoms with Gasteiger partial charge >= 0.3 is 6.18 Å². The third-order valence-corrected chi connectivity index (χ3v) is 6.18. The maximum absolute atomic E-state index is 13.2. The molecule has 3 rings (SSSR count). The van der Waals surface area contributed by atoms with Crippen molar-refractivity contribution in [3.63, 3.8) is 0 Å². The standard InChI is InChI=1S/C21H27F3N2O2/c1-5-14(9-25-13(3)28-4)20(27)26-10-16-17(11-26)19(16)15-7-6-8-18(12(15)2)21(22,23)24/h6-8,14,16-17,19,25H,3,5,9-11H2,1-2,4H3. The Hall–Kier alpha value is -2.18. The molecule has 1 aliphatic heterocycles. The van der Waals surface area contributed by atoms with Gasteiger partial charge in [0.2, 0.25) is 5.91 Å². The molecule has 1 saturated heterocycles. The summed E-state index contributed by atoms with van der Waals surface area (Å²) >= 11 is 0. The van der Waals surface area contributed by atoms with Gasteiger partial charge in [-0.1, -0.05) is 19.1 Å². The molecule has 7 heteroatoms. The Kier molecular flexibility index (Phi) is 5.64. The number of alkyl halides is 3. The molecule has 154 valence electrons. The van der Waals surface area contributed by atoms with Gasteiger partial charge in [0.25, 0.3) is 0 Å². The number of fused-ring (bicyclic) bond motifs is 1. The molecular formula is C21H27F3N2O2. The number of ether oxygens (including phenoxy) is 1. The quantitative estimate of drug-likeness (QED) is 0.711. The minimum Gasteiger partial charge on any atom is -0.483 e. The number of hydrogen-bond acceptors (Lipinski definition) is 3. The van der Waals surface area contributed by atoms with Crippen LogP contribution in [-0.4, -0.2) is 37.6 Å². The van der Waals surface area contributed by atoms with Crippen LogP contribution >= 0.6 is 0 Å². The summed E-state index contributed by atoms with van der Waals surface area (Å²) in [5, 5.41) is 3.00. The van der Waals surface area contributed by atoms with E-state index in [0.29, 0.717) is 37.5 Å². The second kappa shape index (κ2) is 7.68. The fraction of sp³-hybridized carbons (Fsp3) is 0.571. The van der Waals surface area contributed by atoms with Crippen molar-refractivity contribution in [2.75, 3.05) is 26.7 Å². The Morgan fingerprint density at radius 2 is 2.00 bits per heavy atom. The molecule has 1 aromatic carbocycles. The van der Waals surface area contributed by atoms with Gasteiger partial charge in [-0.3, -0.25) is 4.79 Å². The summed E-state index contributed by atoms with van der Waals surface area (Å²) < 4.78 is 44.5. The second-order valence-electron chi connectivity index (χ2n) is 7.73. The van der Waals surface area contributed by atoms with Crippen LogP contribution in [0.25, 0.3) is 0 Å². The van der Waals surface area contributed by atoms with Crippen LogP contribution in [0.3, 0.4) is 0 Å². The Labute approximate surface area is 163 Å². The third-order valence-electron chi connectivity index (χ3n) is 6.18. The Morgan fingerprint density at radius 3 is 2.54 bits per heavy atom. The fourth-order valence-electron chi connectivity index (χ4n) is 4.46. The van der Waals surface area contributed by atoms with E-state index >= 15 is 0 Å². The first kappa shape index (κ1) is 20.6. The molecule has 1 saturated carbocycles. The van der Waals surface area contributed by atoms with Crippen LogP contribution in [0.15, 0.2) is 30.7 Å². The van der Waals surface area contributed by atoms with Crippen LogP contribution < -0.4 is 5.32 Å². The summed E-state index contributed by atoms with van der Waals surface area (Å²) in [5.74, 6) is 0.980. The summed E-state index contributed by atoms with van der Waals surface area (Å²) in [6, 6.07) is 4.43. The first-order valence-electron chi connectivity index (χ1n) is 9.61. The monoisotopic (exact) mass is 396 g/mol. The lowest BCUT2D eigenvalue weighted by molar-refractivity contribution is -0.138. The van der Waals surface area contributed by atoms with Crippen molar-refractivity contribution >= 4 is 5.91 Å². The molecular weight excluding hydrogens is 369 g/mol. The van der Waals surface area contributed by atoms with E-state index < -0.39 is 11.7 Å². The number of carbonyl (C=O) groups is 1. The third kappa shape index (κ3) is 3.84. The van der Waals surface area contributed by atoms with Gasteiger partial charge in [-0.25, -0.2) is 0 Å². The smallest absolute Gasteiger partial charge is 0.416 e. The molecule has 0 radical (unpaired) electrons. The number of methoxy groups -OCH3 is 1. The van der Waals surface area contributed by atoms with E-state index in [-0.39, 0.29) is 29.6 Å². The molecule has 0 spiro atoms. The van der Waals surface area contributed by atoms with E-state index in [0.717, 1.165) is 11.6 Å². The number of hydrogen-bond donors (Lipinski definition) is 1. The summed E-state index contributed by atoms with van der Waals surface area (Å²) in [6.07, 6.45) is -3.63. The fourth-order valence-corrected chi connectivity index (χ4v) is 4.46. The predicted molar refractivity (Wildman–Crippen MR) is 100 cm³/mol. The van der Waals surface area contributed by atoms with Gasteiger partial charge in [-0.2, -0.15) is 13.2 Å². The molecule has 0 bridgehead atoms. The van der Waals surface area contributed by atoms with E-state index in [1.807, 2.05) is 11.8 Å². The molecule has 4 nitrogen and oxygen atoms in total. The van der Waals surface area contributed by atoms with Gasteiger partial charge in [0.15, 0.2) is 5.88 Å². The van der Waals surface area contributed by atoms with Crippen molar-refractivity contribution in [3.05, 3.63) is 47.4 Å². The predicted octanol–water partition coefficient (Wildman–Crippen LogP) is 3.92. The highest BCUT2D eigenvalue weighted by Crippen LogP contribution is 2.59. The van der Waals surface area contributed by atoms with E-state index in [2.05, 4.69) is 11.9 Å². The summed E-state index contributed by atoms with van der Waals surface area (Å²) in [6.45, 7) is 8.90. The number of likely N-dealkylation sites (tertiary alicyclic amines) is 1. The highest BCUT2D eigenvalue weighted by Gasteiger charge is 2.58. The number of halogens is 3. The molecule has 2 fully saturated rings. The summed E-state index contributed by atoms with van der Waals surface area (Å²) in [5.41, 5.74) is 0.543. The average Bonchev–Trinajstić information content (AvgIpc) is 3.12. The van der Waals surface area contributed by atoms with Crippen LogP contribution in [0.5, 0.6) is 0 Å². The molecule has 1 heterocycles. The zero-order valence-corrected chi connectivity index (χ0v) is 16.5. The molecule has 3 atom stereocenters. The van der Waals surface area contributed by atoms with Crippen LogP contribution in [0, 0.1) is 24.7 Å². The van der Waals surface area contributed by atoms with Gasteiger partial charge in [0.1, 0.15) is 0 Å². The van der Waals surface area contributed by atoms with Crippen molar-refractivity contribution < 1.29 is 22.7 Å². The van der Waals surface area contributed by atoms with Gasteiger partial charge in [-0.05, 0) is 54.9 Å². The molecule has 1 aromatic rings. The second-order valence-corrected chi connectivity index (χ2v) is 7.73. The average molecular weight is 396 g/mol. The number of nitrogens with zero attached hydrogens (tertiary/aromatic N) is 1. The zero-order valence-electron chi connectivity index (χ0n) is 16.5. The Bertz CT molecular complexity index is 751. The number of rotatable bonds is 7. The maximum Gasteiger partial charge on any atom is 0.416 e. The van der Waals surface area contributed by atoms with E-state index in [1.165, 1.54) is 13.2 Å². The van der Waals surface area contributed by atoms with Gasteiger partial charge in [0, 0.05) is 19.6 Å². The van der Waals surface area contributed by atoms with Crippen molar-refractivity contribution in [2.45, 2.75) is 32.4 Å². The summed E-state index contributed by atoms with van der Waals surface area (Å²) in [4.78, 5) is 14.7. The van der Waals surface area contributed by atoms with Crippen molar-refractivity contribution in [3.8, 4) is 0 Å². The summed E-state index contributed by atoms with van der Waals surface area (Å²) in [7, 11) is 1.52. The number of nitrogens with one attached hydrogen (secondary N) is 1. The van der Waals surface area contributed by atoms with Crippen molar-refractivity contribution in [1.29, 1.82) is 0 Å². The van der Waals surface area contributed by atoms with Crippen LogP contribution in [-0.2, 0) is 15.7 Å². The number of piperidine rings is 1. The molecule has 1 N–H and O–H groups in total. The minimum atomic E-state index is -4.33. The largest absolute Gasteiger partial charge is 0.483 e. The van der Waals surface area contributed by atoms with Crippen molar-refractivity contribution in [2.24, 2.45) is 17.8 Å². The van der Waals surface area contributed by atoms with Gasteiger partial charge in [0.05, 0.1) is 18.6 Å². The SMILES string of the molecule is C=C(NCC(CC)C(=O)N1CC2C(C1)C2c1cccc(C(F)(F)F)c1C)OC. The Balaban J connectivity index is 1.63. The first-order valence-corrected chi connectivity index (χ1v) is 9.61. The van der Waals surface area contributed by atoms with Gasteiger partial charge in [-0.15, -0.1) is 0 Å². The van der Waals surface area contributed by atoms with Crippen LogP contribution in [0.2, 0.25) is 0 Å². The van der Waals surface area contributed by atoms with Crippen LogP contribution in [0.1, 0.15) is 36.0 Å². The molecule has 3 unspecified atom stereocenters. The molecule has 1 amide bonds. The minimum absolute atomic E-state index is 0.0885. The molecule has 28 heavy (non-hydrogen) atoms. The van der Waals surface area contributed by atoms with E-state index in [9.17, 15) is 18.0 Å². The highest BCUT2D eigenvalue weighted by molar-refractivity contribution is 5.79. The van der Waals surface area contributed by atoms with Crippen molar-refractivity contribution in [1.82, 2.24) is 10.2 Å². The number of carbonyl (C=O) groups excluding carboxylic acids is 1. The van der Waals surface area contributed by atoms with Crippen LogP contribution in [0.4, 0.5) is 13.2 Å². The number of benzene rings is 1. The lowest BCUT2D eigenvalue weighted by atomic mass is 9.96. The Morgan fingerprint density at radius 1 is 1.36 bits per heavy atom. The molecule has 1 aliphatic carbocycles. The van der Waals surface area contributed by atoms with Gasteiger partial charge < -0.3 is 15.0 Å². The normalized spacial score (nSPS) is 24.5. The van der Waals surface area contributed by atoms with E-state index in [4.69, 9.17) is 4.74 Å². The lowest BCUT2D eigenvalue weighted by Gasteiger charge is -2.26. The zero-order chi connectivity index (χ0) is 20.6. The number of amides is 1. The first-order chi connectivity index (χ1) is 13.2. The maximum atomic E-state index is 13.2. The lowest BCUT2D eigenvalue weighted by Crippen LogP contribution is -2.40. The topological polar surface area (TPSA) is 41.6 Å². The highest BCUT2D eigenvalue weighted by atomic mass is 19.4. The molecule has 0 aromatic heterocycles. The van der Waals surface area contributed by atoms with E-state index in [1.54, 1.807) is 13.0 Å².